The van der Waals surface area contributed by atoms with Crippen molar-refractivity contribution in [3.8, 4) is 17.2 Å². The van der Waals surface area contributed by atoms with E-state index in [1.54, 1.807) is 18.2 Å². The molecule has 34 heavy (non-hydrogen) atoms. The molecule has 8 nitrogen and oxygen atoms in total. The Labute approximate surface area is 200 Å². The van der Waals surface area contributed by atoms with Crippen LogP contribution in [0.15, 0.2) is 51.7 Å². The molecular formula is C23H21B3N4O4. The van der Waals surface area contributed by atoms with E-state index in [9.17, 15) is 14.9 Å². The highest BCUT2D eigenvalue weighted by Crippen LogP contribution is 2.26. The fraction of sp³-hybridized carbons (Fsp3) is 0.348. The van der Waals surface area contributed by atoms with E-state index in [-0.39, 0.29) is 5.91 Å². The molecule has 2 atom stereocenters. The Hall–Kier alpha value is -3.22. The molecule has 6 radical (unpaired) electrons. The minimum absolute atomic E-state index is 0.298. The summed E-state index contributed by atoms with van der Waals surface area (Å²) in [6.45, 7) is 1.73. The Morgan fingerprint density at radius 1 is 1.24 bits per heavy atom. The fourth-order valence-electron chi connectivity index (χ4n) is 3.91. The van der Waals surface area contributed by atoms with E-state index in [4.69, 9.17) is 32.7 Å². The molecular weight excluding hydrogens is 429 g/mol. The van der Waals surface area contributed by atoms with Gasteiger partial charge < -0.3 is 19.8 Å². The van der Waals surface area contributed by atoms with Crippen LogP contribution in [0.25, 0.3) is 22.2 Å². The molecule has 1 aromatic heterocycles. The standard InChI is InChI=1S/C23H21B3N4O4/c24-23(25,26)30-18-11-16(6-7-19(18)34-22(30)32)15-4-2-14(3-5-15)10-17(12-27)29-21(31)20-13-28-8-1-9-33-20/h2-7,11,17,20,28H,1,8-10,13H2,(H,29,31). The van der Waals surface area contributed by atoms with Crippen molar-refractivity contribution in [2.75, 3.05) is 19.7 Å². The lowest BCUT2D eigenvalue weighted by Crippen LogP contribution is -2.46. The number of nitrogens with one attached hydrogen (secondary N) is 2. The minimum atomic E-state index is -1.90. The number of aromatic nitrogens is 1. The van der Waals surface area contributed by atoms with E-state index in [0.717, 1.165) is 34.2 Å². The van der Waals surface area contributed by atoms with Crippen LogP contribution < -0.4 is 16.4 Å². The molecule has 1 fully saturated rings. The maximum Gasteiger partial charge on any atom is 0.418 e. The van der Waals surface area contributed by atoms with Crippen molar-refractivity contribution in [2.45, 2.75) is 30.2 Å². The molecule has 2 N–H and O–H groups in total. The number of carbonyl (C=O) groups is 1. The zero-order valence-electron chi connectivity index (χ0n) is 18.5. The van der Waals surface area contributed by atoms with E-state index in [2.05, 4.69) is 16.7 Å². The lowest BCUT2D eigenvalue weighted by Gasteiger charge is -2.21. The van der Waals surface area contributed by atoms with Crippen molar-refractivity contribution in [1.29, 1.82) is 5.26 Å². The lowest BCUT2D eigenvalue weighted by molar-refractivity contribution is -0.132. The van der Waals surface area contributed by atoms with E-state index in [1.807, 2.05) is 24.3 Å². The second-order valence-corrected chi connectivity index (χ2v) is 8.28. The third-order valence-electron chi connectivity index (χ3n) is 5.61. The molecule has 1 aliphatic rings. The monoisotopic (exact) mass is 450 g/mol. The number of benzene rings is 2. The van der Waals surface area contributed by atoms with Gasteiger partial charge in [-0.05, 0) is 41.8 Å². The largest absolute Gasteiger partial charge is 0.418 e. The number of nitrogens with zero attached hydrogens (tertiary/aromatic N) is 2. The van der Waals surface area contributed by atoms with Gasteiger partial charge in [-0.3, -0.25) is 9.36 Å². The third-order valence-corrected chi connectivity index (χ3v) is 5.61. The zero-order chi connectivity index (χ0) is 24.3. The van der Waals surface area contributed by atoms with Gasteiger partial charge >= 0.3 is 5.76 Å². The Balaban J connectivity index is 1.48. The van der Waals surface area contributed by atoms with Gasteiger partial charge in [-0.25, -0.2) is 4.79 Å². The SMILES string of the molecule is [B]C([B])([B])n1c(=O)oc2ccc(-c3ccc(CC(C#N)NC(=O)C4CNCCCO4)cc3)cc21. The average Bonchev–Trinajstić information content (AvgIpc) is 2.96. The van der Waals surface area contributed by atoms with Crippen LogP contribution in [-0.4, -0.2) is 65.9 Å². The first kappa shape index (κ1) is 23.9. The minimum Gasteiger partial charge on any atom is -0.408 e. The summed E-state index contributed by atoms with van der Waals surface area (Å²) < 4.78 is 11.7. The van der Waals surface area contributed by atoms with Crippen LogP contribution in [0.2, 0.25) is 0 Å². The highest BCUT2D eigenvalue weighted by atomic mass is 16.5. The molecule has 2 aromatic carbocycles. The van der Waals surface area contributed by atoms with Crippen molar-refractivity contribution in [3.63, 3.8) is 0 Å². The highest BCUT2D eigenvalue weighted by Gasteiger charge is 2.24. The number of rotatable bonds is 6. The molecule has 1 amide bonds. The number of hydrogen-bond acceptors (Lipinski definition) is 6. The number of oxazole rings is 1. The van der Waals surface area contributed by atoms with Crippen LogP contribution in [-0.2, 0) is 21.2 Å². The third kappa shape index (κ3) is 5.29. The summed E-state index contributed by atoms with van der Waals surface area (Å²) in [5.74, 6) is -1.04. The average molecular weight is 450 g/mol. The summed E-state index contributed by atoms with van der Waals surface area (Å²) in [4.78, 5) is 24.6. The summed E-state index contributed by atoms with van der Waals surface area (Å²) >= 11 is 0. The van der Waals surface area contributed by atoms with E-state index in [1.165, 1.54) is 0 Å². The van der Waals surface area contributed by atoms with Crippen molar-refractivity contribution in [1.82, 2.24) is 15.2 Å². The van der Waals surface area contributed by atoms with Crippen LogP contribution in [0.5, 0.6) is 0 Å². The zero-order valence-corrected chi connectivity index (χ0v) is 18.5. The Bertz CT molecular complexity index is 1270. The highest BCUT2D eigenvalue weighted by molar-refractivity contribution is 6.56. The molecule has 4 rings (SSSR count). The van der Waals surface area contributed by atoms with Gasteiger partial charge in [0.05, 0.1) is 35.1 Å². The Morgan fingerprint density at radius 2 is 1.97 bits per heavy atom. The molecule has 2 heterocycles. The van der Waals surface area contributed by atoms with E-state index >= 15 is 0 Å². The molecule has 166 valence electrons. The van der Waals surface area contributed by atoms with Gasteiger partial charge in [0, 0.05) is 19.6 Å². The Kier molecular flexibility index (Phi) is 7.01. The van der Waals surface area contributed by atoms with Crippen molar-refractivity contribution >= 4 is 40.5 Å². The van der Waals surface area contributed by atoms with Crippen molar-refractivity contribution in [2.24, 2.45) is 0 Å². The fourth-order valence-corrected chi connectivity index (χ4v) is 3.91. The second-order valence-electron chi connectivity index (χ2n) is 8.28. The summed E-state index contributed by atoms with van der Waals surface area (Å²) in [6.07, 6.45) is 0.582. The van der Waals surface area contributed by atoms with Crippen LogP contribution >= 0.6 is 0 Å². The van der Waals surface area contributed by atoms with Gasteiger partial charge in [0.25, 0.3) is 5.91 Å². The summed E-state index contributed by atoms with van der Waals surface area (Å²) in [5.41, 5.74) is 3.22. The van der Waals surface area contributed by atoms with Gasteiger partial charge in [-0.2, -0.15) is 5.26 Å². The summed E-state index contributed by atoms with van der Waals surface area (Å²) in [5, 5.41) is 13.5. The summed E-state index contributed by atoms with van der Waals surface area (Å²) in [6, 6.07) is 14.1. The maximum atomic E-state index is 12.5. The van der Waals surface area contributed by atoms with E-state index in [0.29, 0.717) is 30.7 Å². The summed E-state index contributed by atoms with van der Waals surface area (Å²) in [7, 11) is 17.2. The quantitative estimate of drug-likeness (QED) is 0.523. The topological polar surface area (TPSA) is 109 Å². The molecule has 1 aliphatic heterocycles. The predicted octanol–water partition coefficient (Wildman–Crippen LogP) is 0.264. The number of hydrogen-bond donors (Lipinski definition) is 2. The van der Waals surface area contributed by atoms with Gasteiger partial charge in [-0.1, -0.05) is 35.6 Å². The molecule has 11 heteroatoms. The number of carbonyl (C=O) groups excluding carboxylic acids is 1. The molecule has 0 aliphatic carbocycles. The van der Waals surface area contributed by atoms with Crippen LogP contribution in [0, 0.1) is 11.3 Å². The van der Waals surface area contributed by atoms with Gasteiger partial charge in [0.15, 0.2) is 5.58 Å². The molecule has 1 saturated heterocycles. The first-order valence-corrected chi connectivity index (χ1v) is 10.9. The molecule has 0 bridgehead atoms. The van der Waals surface area contributed by atoms with Gasteiger partial charge in [-0.15, -0.1) is 0 Å². The lowest BCUT2D eigenvalue weighted by atomic mass is 9.49. The first-order valence-electron chi connectivity index (χ1n) is 10.9. The number of amides is 1. The predicted molar refractivity (Wildman–Crippen MR) is 130 cm³/mol. The normalized spacial score (nSPS) is 17.6. The molecule has 3 aromatic rings. The molecule has 2 unspecified atom stereocenters. The smallest absolute Gasteiger partial charge is 0.408 e. The van der Waals surface area contributed by atoms with Gasteiger partial charge in [0.2, 0.25) is 0 Å². The van der Waals surface area contributed by atoms with Crippen LogP contribution in [0.4, 0.5) is 0 Å². The first-order chi connectivity index (χ1) is 16.3. The number of fused-ring (bicyclic) bond motifs is 1. The Morgan fingerprint density at radius 3 is 2.68 bits per heavy atom. The number of ether oxygens (including phenoxy) is 1. The number of nitriles is 1. The van der Waals surface area contributed by atoms with Crippen LogP contribution in [0.1, 0.15) is 12.0 Å². The van der Waals surface area contributed by atoms with Crippen molar-refractivity contribution in [3.05, 3.63) is 58.6 Å². The van der Waals surface area contributed by atoms with Crippen LogP contribution in [0.3, 0.4) is 0 Å². The second kappa shape index (κ2) is 9.96. The van der Waals surface area contributed by atoms with Gasteiger partial charge in [0.1, 0.15) is 12.1 Å². The van der Waals surface area contributed by atoms with E-state index < -0.39 is 23.1 Å². The maximum absolute atomic E-state index is 12.5. The van der Waals surface area contributed by atoms with Crippen molar-refractivity contribution < 1.29 is 13.9 Å². The molecule has 0 saturated carbocycles. The molecule has 0 spiro atoms.